The topological polar surface area (TPSA) is 47.0 Å². The molecule has 3 atom stereocenters. The molecule has 0 saturated heterocycles. The molecule has 1 fully saturated rings. The van der Waals surface area contributed by atoms with Crippen molar-refractivity contribution in [2.75, 3.05) is 13.7 Å². The van der Waals surface area contributed by atoms with Crippen molar-refractivity contribution in [2.24, 2.45) is 5.92 Å². The summed E-state index contributed by atoms with van der Waals surface area (Å²) < 4.78 is 6.23. The Hall–Kier alpha value is -1.00. The van der Waals surface area contributed by atoms with E-state index in [2.05, 4.69) is 29.1 Å². The molecule has 1 heterocycles. The molecule has 0 bridgehead atoms. The van der Waals surface area contributed by atoms with E-state index < -0.39 is 0 Å². The van der Waals surface area contributed by atoms with Crippen LogP contribution in [0, 0.1) is 5.92 Å². The van der Waals surface area contributed by atoms with Crippen molar-refractivity contribution in [2.45, 2.75) is 51.2 Å². The fourth-order valence-corrected chi connectivity index (χ4v) is 3.50. The molecule has 1 aliphatic carbocycles. The van der Waals surface area contributed by atoms with E-state index >= 15 is 0 Å². The quantitative estimate of drug-likeness (QED) is 0.887. The highest BCUT2D eigenvalue weighted by Gasteiger charge is 2.43. The third-order valence-corrected chi connectivity index (χ3v) is 4.15. The summed E-state index contributed by atoms with van der Waals surface area (Å²) in [5.74, 6) is 0.709. The molecule has 3 unspecified atom stereocenters. The monoisotopic (exact) mass is 263 g/mol. The van der Waals surface area contributed by atoms with E-state index in [0.717, 1.165) is 25.0 Å². The van der Waals surface area contributed by atoms with Gasteiger partial charge >= 0.3 is 0 Å². The Morgan fingerprint density at radius 3 is 2.79 bits per heavy atom. The van der Waals surface area contributed by atoms with E-state index in [1.54, 1.807) is 6.33 Å². The van der Waals surface area contributed by atoms with Crippen LogP contribution in [0.2, 0.25) is 0 Å². The zero-order chi connectivity index (χ0) is 13.7. The van der Waals surface area contributed by atoms with Gasteiger partial charge in [0.2, 0.25) is 0 Å². The van der Waals surface area contributed by atoms with Crippen LogP contribution in [-0.2, 0) is 4.74 Å². The standard InChI is InChI=1S/C15H25N3O/c1-4-19-15(7-5-6-12(2)8-15)14(16-3)13-9-17-11-18-10-13/h9-12,14,16H,4-8H2,1-3H3. The molecule has 2 rings (SSSR count). The van der Waals surface area contributed by atoms with Gasteiger partial charge in [-0.2, -0.15) is 0 Å². The van der Waals surface area contributed by atoms with Crippen LogP contribution in [0.15, 0.2) is 18.7 Å². The Morgan fingerprint density at radius 2 is 2.21 bits per heavy atom. The lowest BCUT2D eigenvalue weighted by atomic mass is 9.73. The molecule has 4 heteroatoms. The molecule has 0 radical (unpaired) electrons. The van der Waals surface area contributed by atoms with Crippen molar-refractivity contribution in [3.05, 3.63) is 24.3 Å². The largest absolute Gasteiger partial charge is 0.373 e. The van der Waals surface area contributed by atoms with E-state index in [1.165, 1.54) is 12.8 Å². The van der Waals surface area contributed by atoms with Gasteiger partial charge in [0, 0.05) is 24.6 Å². The maximum Gasteiger partial charge on any atom is 0.115 e. The Bertz CT molecular complexity index is 380. The minimum atomic E-state index is -0.119. The second-order valence-corrected chi connectivity index (χ2v) is 5.59. The number of aromatic nitrogens is 2. The highest BCUT2D eigenvalue weighted by molar-refractivity contribution is 5.16. The van der Waals surface area contributed by atoms with E-state index in [-0.39, 0.29) is 11.6 Å². The molecule has 106 valence electrons. The van der Waals surface area contributed by atoms with Crippen LogP contribution in [0.5, 0.6) is 0 Å². The maximum atomic E-state index is 6.23. The molecule has 1 N–H and O–H groups in total. The minimum absolute atomic E-state index is 0.119. The van der Waals surface area contributed by atoms with Crippen LogP contribution < -0.4 is 5.32 Å². The first-order valence-corrected chi connectivity index (χ1v) is 7.28. The van der Waals surface area contributed by atoms with Crippen LogP contribution in [0.25, 0.3) is 0 Å². The summed E-state index contributed by atoms with van der Waals surface area (Å²) in [5, 5.41) is 3.43. The smallest absolute Gasteiger partial charge is 0.115 e. The zero-order valence-electron chi connectivity index (χ0n) is 12.2. The average molecular weight is 263 g/mol. The minimum Gasteiger partial charge on any atom is -0.373 e. The van der Waals surface area contributed by atoms with Gasteiger partial charge in [0.05, 0.1) is 11.6 Å². The number of likely N-dealkylation sites (N-methyl/N-ethyl adjacent to an activating group) is 1. The molecule has 1 aromatic heterocycles. The summed E-state index contributed by atoms with van der Waals surface area (Å²) in [4.78, 5) is 8.30. The van der Waals surface area contributed by atoms with Gasteiger partial charge in [-0.25, -0.2) is 9.97 Å². The Kier molecular flexibility index (Phi) is 4.88. The number of ether oxygens (including phenoxy) is 1. The van der Waals surface area contributed by atoms with Gasteiger partial charge in [-0.15, -0.1) is 0 Å². The summed E-state index contributed by atoms with van der Waals surface area (Å²) in [6.07, 6.45) is 10.1. The van der Waals surface area contributed by atoms with Crippen LogP contribution in [0.3, 0.4) is 0 Å². The third-order valence-electron chi connectivity index (χ3n) is 4.15. The predicted octanol–water partition coefficient (Wildman–Crippen LogP) is 2.72. The summed E-state index contributed by atoms with van der Waals surface area (Å²) in [6.45, 7) is 5.15. The lowest BCUT2D eigenvalue weighted by molar-refractivity contribution is -0.100. The number of nitrogens with zero attached hydrogens (tertiary/aromatic N) is 2. The Labute approximate surface area is 116 Å². The Balaban J connectivity index is 2.30. The molecule has 1 saturated carbocycles. The molecule has 0 aromatic carbocycles. The maximum absolute atomic E-state index is 6.23. The average Bonchev–Trinajstić information content (AvgIpc) is 2.41. The van der Waals surface area contributed by atoms with E-state index in [4.69, 9.17) is 4.74 Å². The van der Waals surface area contributed by atoms with Crippen molar-refractivity contribution in [3.63, 3.8) is 0 Å². The van der Waals surface area contributed by atoms with Gasteiger partial charge in [-0.05, 0) is 32.7 Å². The highest BCUT2D eigenvalue weighted by atomic mass is 16.5. The van der Waals surface area contributed by atoms with Gasteiger partial charge in [-0.1, -0.05) is 19.8 Å². The fraction of sp³-hybridized carbons (Fsp3) is 0.733. The molecule has 1 aliphatic rings. The van der Waals surface area contributed by atoms with Gasteiger partial charge < -0.3 is 10.1 Å². The molecule has 19 heavy (non-hydrogen) atoms. The third kappa shape index (κ3) is 3.12. The molecular formula is C15H25N3O. The molecular weight excluding hydrogens is 238 g/mol. The number of rotatable bonds is 5. The summed E-state index contributed by atoms with van der Waals surface area (Å²) in [5.41, 5.74) is 0.999. The molecule has 0 spiro atoms. The van der Waals surface area contributed by atoms with Crippen LogP contribution in [0.4, 0.5) is 0 Å². The van der Waals surface area contributed by atoms with Gasteiger partial charge in [-0.3, -0.25) is 0 Å². The SMILES string of the molecule is CCOC1(C(NC)c2cncnc2)CCCC(C)C1. The molecule has 4 nitrogen and oxygen atoms in total. The lowest BCUT2D eigenvalue weighted by Crippen LogP contribution is -2.48. The molecule has 1 aromatic rings. The summed E-state index contributed by atoms with van der Waals surface area (Å²) in [7, 11) is 2.00. The lowest BCUT2D eigenvalue weighted by Gasteiger charge is -2.45. The van der Waals surface area contributed by atoms with Crippen LogP contribution >= 0.6 is 0 Å². The molecule has 0 aliphatic heterocycles. The van der Waals surface area contributed by atoms with E-state index in [9.17, 15) is 0 Å². The van der Waals surface area contributed by atoms with Gasteiger partial charge in [0.15, 0.2) is 0 Å². The summed E-state index contributed by atoms with van der Waals surface area (Å²) in [6, 6.07) is 0.163. The number of hydrogen-bond donors (Lipinski definition) is 1. The predicted molar refractivity (Wildman–Crippen MR) is 75.8 cm³/mol. The van der Waals surface area contributed by atoms with Crippen molar-refractivity contribution in [1.82, 2.24) is 15.3 Å². The normalized spacial score (nSPS) is 29.1. The van der Waals surface area contributed by atoms with Crippen LogP contribution in [0.1, 0.15) is 51.1 Å². The van der Waals surface area contributed by atoms with Crippen molar-refractivity contribution < 1.29 is 4.74 Å². The van der Waals surface area contributed by atoms with Crippen molar-refractivity contribution in [3.8, 4) is 0 Å². The van der Waals surface area contributed by atoms with Gasteiger partial charge in [0.1, 0.15) is 6.33 Å². The van der Waals surface area contributed by atoms with E-state index in [0.29, 0.717) is 5.92 Å². The summed E-state index contributed by atoms with van der Waals surface area (Å²) >= 11 is 0. The first-order chi connectivity index (χ1) is 9.22. The second-order valence-electron chi connectivity index (χ2n) is 5.59. The van der Waals surface area contributed by atoms with Crippen molar-refractivity contribution >= 4 is 0 Å². The Morgan fingerprint density at radius 1 is 1.47 bits per heavy atom. The van der Waals surface area contributed by atoms with Gasteiger partial charge in [0.25, 0.3) is 0 Å². The zero-order valence-corrected chi connectivity index (χ0v) is 12.2. The highest BCUT2D eigenvalue weighted by Crippen LogP contribution is 2.43. The number of hydrogen-bond acceptors (Lipinski definition) is 4. The molecule has 0 amide bonds. The van der Waals surface area contributed by atoms with E-state index in [1.807, 2.05) is 19.4 Å². The van der Waals surface area contributed by atoms with Crippen LogP contribution in [-0.4, -0.2) is 29.2 Å². The number of nitrogens with one attached hydrogen (secondary N) is 1. The first kappa shape index (κ1) is 14.4. The first-order valence-electron chi connectivity index (χ1n) is 7.28. The second kappa shape index (κ2) is 6.44. The fourth-order valence-electron chi connectivity index (χ4n) is 3.50. The van der Waals surface area contributed by atoms with Crippen molar-refractivity contribution in [1.29, 1.82) is 0 Å².